The van der Waals surface area contributed by atoms with E-state index < -0.39 is 6.10 Å². The summed E-state index contributed by atoms with van der Waals surface area (Å²) in [6.07, 6.45) is 3.34. The molecular formula is C15H25N3O. The lowest BCUT2D eigenvalue weighted by atomic mass is 10.1. The molecule has 0 aliphatic carbocycles. The molecule has 0 bridgehead atoms. The molecule has 4 nitrogen and oxygen atoms in total. The van der Waals surface area contributed by atoms with Crippen LogP contribution in [0.1, 0.15) is 38.5 Å². The number of nitrogens with zero attached hydrogens (tertiary/aromatic N) is 3. The van der Waals surface area contributed by atoms with Crippen LogP contribution in [0.15, 0.2) is 18.3 Å². The first-order chi connectivity index (χ1) is 9.11. The maximum Gasteiger partial charge on any atom is 0.0957 e. The zero-order chi connectivity index (χ0) is 13.8. The van der Waals surface area contributed by atoms with Crippen molar-refractivity contribution in [3.05, 3.63) is 24.0 Å². The summed E-state index contributed by atoms with van der Waals surface area (Å²) in [5.74, 6) is 0. The topological polar surface area (TPSA) is 39.6 Å². The number of aromatic nitrogens is 1. The molecule has 1 aromatic rings. The van der Waals surface area contributed by atoms with Gasteiger partial charge in [-0.15, -0.1) is 0 Å². The lowest BCUT2D eigenvalue weighted by Gasteiger charge is -2.30. The third-order valence-corrected chi connectivity index (χ3v) is 3.88. The lowest BCUT2D eigenvalue weighted by molar-refractivity contribution is 0.169. The zero-order valence-corrected chi connectivity index (χ0v) is 12.2. The van der Waals surface area contributed by atoms with Crippen molar-refractivity contribution in [1.29, 1.82) is 0 Å². The van der Waals surface area contributed by atoms with Gasteiger partial charge < -0.3 is 14.9 Å². The molecule has 0 radical (unpaired) electrons. The third-order valence-electron chi connectivity index (χ3n) is 3.88. The standard InChI is InChI=1S/C15H25N3O/c1-4-15(19)14-7-6-13(10-16-14)18-9-5-8-17(3)11-12(18)2/h6-7,10,12,15,19H,4-5,8-9,11H2,1-3H3. The van der Waals surface area contributed by atoms with Crippen LogP contribution < -0.4 is 4.90 Å². The molecule has 2 unspecified atom stereocenters. The number of pyridine rings is 1. The molecule has 0 saturated carbocycles. The van der Waals surface area contributed by atoms with E-state index in [1.807, 2.05) is 19.2 Å². The van der Waals surface area contributed by atoms with Crippen molar-refractivity contribution in [3.8, 4) is 0 Å². The molecule has 106 valence electrons. The number of aliphatic hydroxyl groups excluding tert-OH is 1. The second-order valence-corrected chi connectivity index (χ2v) is 5.52. The molecule has 2 rings (SSSR count). The maximum absolute atomic E-state index is 9.78. The number of rotatable bonds is 3. The van der Waals surface area contributed by atoms with E-state index in [0.29, 0.717) is 12.5 Å². The van der Waals surface area contributed by atoms with Crippen LogP contribution in [0.4, 0.5) is 5.69 Å². The first kappa shape index (κ1) is 14.3. The minimum atomic E-state index is -0.443. The molecule has 0 spiro atoms. The van der Waals surface area contributed by atoms with Crippen LogP contribution in [0.25, 0.3) is 0 Å². The fraction of sp³-hybridized carbons (Fsp3) is 0.667. The molecule has 1 N–H and O–H groups in total. The second kappa shape index (κ2) is 6.35. The van der Waals surface area contributed by atoms with E-state index in [1.54, 1.807) is 0 Å². The Hall–Kier alpha value is -1.13. The Morgan fingerprint density at radius 1 is 1.42 bits per heavy atom. The van der Waals surface area contributed by atoms with Gasteiger partial charge in [-0.25, -0.2) is 0 Å². The van der Waals surface area contributed by atoms with Gasteiger partial charge in [0.05, 0.1) is 23.7 Å². The number of aliphatic hydroxyl groups is 1. The molecule has 2 atom stereocenters. The summed E-state index contributed by atoms with van der Waals surface area (Å²) in [4.78, 5) is 9.20. The molecule has 1 fully saturated rings. The third kappa shape index (κ3) is 3.45. The van der Waals surface area contributed by atoms with Crippen LogP contribution in [0, 0.1) is 0 Å². The van der Waals surface area contributed by atoms with E-state index in [4.69, 9.17) is 0 Å². The summed E-state index contributed by atoms with van der Waals surface area (Å²) in [7, 11) is 2.18. The van der Waals surface area contributed by atoms with Gasteiger partial charge in [-0.3, -0.25) is 4.98 Å². The smallest absolute Gasteiger partial charge is 0.0957 e. The van der Waals surface area contributed by atoms with Crippen LogP contribution in [0.2, 0.25) is 0 Å². The molecule has 2 heterocycles. The average Bonchev–Trinajstić information content (AvgIpc) is 2.58. The Labute approximate surface area is 116 Å². The van der Waals surface area contributed by atoms with Crippen molar-refractivity contribution in [3.63, 3.8) is 0 Å². The minimum absolute atomic E-state index is 0.443. The van der Waals surface area contributed by atoms with Crippen molar-refractivity contribution >= 4 is 5.69 Å². The highest BCUT2D eigenvalue weighted by molar-refractivity contribution is 5.46. The number of anilines is 1. The van der Waals surface area contributed by atoms with Crippen molar-refractivity contribution in [2.45, 2.75) is 38.8 Å². The summed E-state index contributed by atoms with van der Waals surface area (Å²) in [6.45, 7) is 7.53. The van der Waals surface area contributed by atoms with Gasteiger partial charge in [0.25, 0.3) is 0 Å². The summed E-state index contributed by atoms with van der Waals surface area (Å²) in [5.41, 5.74) is 1.93. The van der Waals surface area contributed by atoms with E-state index in [0.717, 1.165) is 31.0 Å². The van der Waals surface area contributed by atoms with Crippen LogP contribution in [-0.4, -0.2) is 47.7 Å². The van der Waals surface area contributed by atoms with E-state index in [2.05, 4.69) is 34.8 Å². The highest BCUT2D eigenvalue weighted by Gasteiger charge is 2.20. The Bertz CT molecular complexity index is 393. The Balaban J connectivity index is 2.12. The molecule has 1 aliphatic heterocycles. The van der Waals surface area contributed by atoms with Crippen molar-refractivity contribution < 1.29 is 5.11 Å². The summed E-state index contributed by atoms with van der Waals surface area (Å²) < 4.78 is 0. The van der Waals surface area contributed by atoms with Crippen molar-refractivity contribution in [2.24, 2.45) is 0 Å². The highest BCUT2D eigenvalue weighted by atomic mass is 16.3. The van der Waals surface area contributed by atoms with Gasteiger partial charge in [0, 0.05) is 19.1 Å². The molecule has 1 aromatic heterocycles. The van der Waals surface area contributed by atoms with Gasteiger partial charge in [0.1, 0.15) is 0 Å². The molecular weight excluding hydrogens is 238 g/mol. The predicted molar refractivity (Wildman–Crippen MR) is 78.4 cm³/mol. The van der Waals surface area contributed by atoms with Gasteiger partial charge in [0.2, 0.25) is 0 Å². The van der Waals surface area contributed by atoms with Gasteiger partial charge in [-0.1, -0.05) is 6.92 Å². The summed E-state index contributed by atoms with van der Waals surface area (Å²) in [5, 5.41) is 9.78. The van der Waals surface area contributed by atoms with Crippen LogP contribution in [0.3, 0.4) is 0 Å². The maximum atomic E-state index is 9.78. The summed E-state index contributed by atoms with van der Waals surface area (Å²) >= 11 is 0. The molecule has 1 saturated heterocycles. The number of hydrogen-bond acceptors (Lipinski definition) is 4. The van der Waals surface area contributed by atoms with Gasteiger partial charge in [-0.2, -0.15) is 0 Å². The minimum Gasteiger partial charge on any atom is -0.387 e. The monoisotopic (exact) mass is 263 g/mol. The Kier molecular flexibility index (Phi) is 4.77. The highest BCUT2D eigenvalue weighted by Crippen LogP contribution is 2.21. The Morgan fingerprint density at radius 2 is 2.21 bits per heavy atom. The van der Waals surface area contributed by atoms with Crippen LogP contribution >= 0.6 is 0 Å². The van der Waals surface area contributed by atoms with Crippen molar-refractivity contribution in [2.75, 3.05) is 31.6 Å². The quantitative estimate of drug-likeness (QED) is 0.906. The average molecular weight is 263 g/mol. The van der Waals surface area contributed by atoms with E-state index in [1.165, 1.54) is 6.42 Å². The SMILES string of the molecule is CCC(O)c1ccc(N2CCCN(C)CC2C)cn1. The zero-order valence-electron chi connectivity index (χ0n) is 12.2. The molecule has 19 heavy (non-hydrogen) atoms. The van der Waals surface area contributed by atoms with Crippen LogP contribution in [-0.2, 0) is 0 Å². The van der Waals surface area contributed by atoms with Crippen LogP contribution in [0.5, 0.6) is 0 Å². The van der Waals surface area contributed by atoms with Crippen molar-refractivity contribution in [1.82, 2.24) is 9.88 Å². The Morgan fingerprint density at radius 3 is 2.84 bits per heavy atom. The lowest BCUT2D eigenvalue weighted by Crippen LogP contribution is -2.38. The molecule has 0 aromatic carbocycles. The van der Waals surface area contributed by atoms with Gasteiger partial charge >= 0.3 is 0 Å². The van der Waals surface area contributed by atoms with E-state index in [9.17, 15) is 5.11 Å². The first-order valence-electron chi connectivity index (χ1n) is 7.21. The second-order valence-electron chi connectivity index (χ2n) is 5.52. The van der Waals surface area contributed by atoms with E-state index in [-0.39, 0.29) is 0 Å². The summed E-state index contributed by atoms with van der Waals surface area (Å²) in [6, 6.07) is 4.53. The fourth-order valence-electron chi connectivity index (χ4n) is 2.73. The largest absolute Gasteiger partial charge is 0.387 e. The van der Waals surface area contributed by atoms with Gasteiger partial charge in [0.15, 0.2) is 0 Å². The fourth-order valence-corrected chi connectivity index (χ4v) is 2.73. The molecule has 4 heteroatoms. The first-order valence-corrected chi connectivity index (χ1v) is 7.21. The van der Waals surface area contributed by atoms with Gasteiger partial charge in [-0.05, 0) is 45.5 Å². The number of hydrogen-bond donors (Lipinski definition) is 1. The molecule has 1 aliphatic rings. The predicted octanol–water partition coefficient (Wildman–Crippen LogP) is 2.06. The normalized spacial score (nSPS) is 23.2. The molecule has 0 amide bonds. The number of likely N-dealkylation sites (N-methyl/N-ethyl adjacent to an activating group) is 1. The van der Waals surface area contributed by atoms with E-state index >= 15 is 0 Å².